The summed E-state index contributed by atoms with van der Waals surface area (Å²) in [5.74, 6) is -5.86. The minimum Gasteiger partial charge on any atom is -0.480 e. The number of H-pyrrole nitrogens is 1. The Labute approximate surface area is 381 Å². The van der Waals surface area contributed by atoms with Crippen molar-refractivity contribution in [2.24, 2.45) is 17.8 Å². The van der Waals surface area contributed by atoms with E-state index in [-0.39, 0.29) is 31.1 Å². The maximum atomic E-state index is 14.5. The van der Waals surface area contributed by atoms with E-state index in [1.165, 1.54) is 6.92 Å². The number of carbonyl (C=O) groups excluding carboxylic acids is 6. The largest absolute Gasteiger partial charge is 0.480 e. The summed E-state index contributed by atoms with van der Waals surface area (Å²) >= 11 is 0. The van der Waals surface area contributed by atoms with Crippen LogP contribution in [0.1, 0.15) is 101 Å². The van der Waals surface area contributed by atoms with Gasteiger partial charge in [0.15, 0.2) is 0 Å². The van der Waals surface area contributed by atoms with Crippen molar-refractivity contribution >= 4 is 52.3 Å². The Hall–Kier alpha value is -6.51. The number of nitrogens with one attached hydrogen (secondary N) is 7. The number of para-hydroxylation sites is 1. The molecule has 6 amide bonds. The zero-order valence-corrected chi connectivity index (χ0v) is 38.5. The highest BCUT2D eigenvalue weighted by molar-refractivity contribution is 5.96. The van der Waals surface area contributed by atoms with Gasteiger partial charge < -0.3 is 42.0 Å². The minimum atomic E-state index is -1.28. The van der Waals surface area contributed by atoms with Crippen molar-refractivity contribution in [2.45, 2.75) is 123 Å². The molecule has 0 unspecified atom stereocenters. The molecule has 1 heterocycles. The highest BCUT2D eigenvalue weighted by atomic mass is 16.4. The van der Waals surface area contributed by atoms with Crippen LogP contribution in [0.5, 0.6) is 0 Å². The third-order valence-corrected chi connectivity index (χ3v) is 12.0. The molecular formula is C50H65N7O8. The summed E-state index contributed by atoms with van der Waals surface area (Å²) in [5, 5.41) is 27.4. The predicted molar refractivity (Wildman–Crippen MR) is 248 cm³/mol. The average molecular weight is 892 g/mol. The number of rotatable bonds is 21. The normalized spacial score (nSPS) is 15.2. The van der Waals surface area contributed by atoms with Crippen molar-refractivity contribution < 1.29 is 38.7 Å². The van der Waals surface area contributed by atoms with Crippen LogP contribution in [-0.2, 0) is 52.8 Å². The molecule has 0 bridgehead atoms. The molecule has 65 heavy (non-hydrogen) atoms. The molecule has 3 aromatic carbocycles. The summed E-state index contributed by atoms with van der Waals surface area (Å²) in [6.07, 6.45) is 4.14. The van der Waals surface area contributed by atoms with Gasteiger partial charge in [-0.25, -0.2) is 4.79 Å². The van der Waals surface area contributed by atoms with Gasteiger partial charge in [-0.3, -0.25) is 28.8 Å². The Kier molecular flexibility index (Phi) is 17.4. The smallest absolute Gasteiger partial charge is 0.326 e. The predicted octanol–water partition coefficient (Wildman–Crippen LogP) is 4.42. The average Bonchev–Trinajstić information content (AvgIpc) is 3.59. The summed E-state index contributed by atoms with van der Waals surface area (Å²) in [6.45, 7) is 12.0. The molecule has 4 aromatic rings. The Bertz CT molecular complexity index is 2290. The van der Waals surface area contributed by atoms with Crippen LogP contribution < -0.4 is 31.9 Å². The quantitative estimate of drug-likeness (QED) is 0.0596. The van der Waals surface area contributed by atoms with E-state index in [0.29, 0.717) is 12.0 Å². The van der Waals surface area contributed by atoms with Gasteiger partial charge in [-0.1, -0.05) is 115 Å². The highest BCUT2D eigenvalue weighted by Crippen LogP contribution is 2.37. The van der Waals surface area contributed by atoms with Crippen molar-refractivity contribution in [1.29, 1.82) is 0 Å². The molecule has 0 spiro atoms. The van der Waals surface area contributed by atoms with Crippen molar-refractivity contribution in [3.63, 3.8) is 0 Å². The van der Waals surface area contributed by atoms with Gasteiger partial charge >= 0.3 is 5.97 Å². The van der Waals surface area contributed by atoms with Gasteiger partial charge in [0, 0.05) is 36.4 Å². The zero-order valence-electron chi connectivity index (χ0n) is 38.5. The lowest BCUT2D eigenvalue weighted by Crippen LogP contribution is -2.59. The number of benzene rings is 3. The maximum absolute atomic E-state index is 14.5. The second kappa shape index (κ2) is 22.9. The number of hydrogen-bond donors (Lipinski definition) is 8. The first-order valence-electron chi connectivity index (χ1n) is 22.7. The van der Waals surface area contributed by atoms with Crippen LogP contribution in [0.3, 0.4) is 0 Å². The first-order chi connectivity index (χ1) is 31.0. The molecule has 6 atom stereocenters. The van der Waals surface area contributed by atoms with Crippen LogP contribution in [-0.4, -0.2) is 88.3 Å². The lowest BCUT2D eigenvalue weighted by molar-refractivity contribution is -0.142. The van der Waals surface area contributed by atoms with Crippen LogP contribution in [0.4, 0.5) is 0 Å². The first kappa shape index (κ1) is 49.5. The molecule has 1 aliphatic carbocycles. The summed E-state index contributed by atoms with van der Waals surface area (Å²) in [6, 6.07) is 17.5. The second-order valence-electron chi connectivity index (χ2n) is 18.0. The van der Waals surface area contributed by atoms with E-state index in [4.69, 9.17) is 0 Å². The molecule has 8 N–H and O–H groups in total. The van der Waals surface area contributed by atoms with Gasteiger partial charge in [-0.05, 0) is 77.3 Å². The first-order valence-corrected chi connectivity index (χ1v) is 22.7. The number of aliphatic carboxylic acids is 1. The number of aromatic amines is 1. The molecule has 15 nitrogen and oxygen atoms in total. The van der Waals surface area contributed by atoms with Gasteiger partial charge in [-0.2, -0.15) is 0 Å². The molecule has 1 aromatic heterocycles. The fourth-order valence-corrected chi connectivity index (χ4v) is 8.58. The topological polar surface area (TPSA) is 228 Å². The van der Waals surface area contributed by atoms with Gasteiger partial charge in [0.1, 0.15) is 30.2 Å². The van der Waals surface area contributed by atoms with Crippen molar-refractivity contribution in [3.05, 3.63) is 107 Å². The van der Waals surface area contributed by atoms with E-state index in [9.17, 15) is 38.7 Å². The lowest BCUT2D eigenvalue weighted by Gasteiger charge is -2.31. The van der Waals surface area contributed by atoms with E-state index in [1.807, 2.05) is 107 Å². The third-order valence-electron chi connectivity index (χ3n) is 12.0. The van der Waals surface area contributed by atoms with E-state index >= 15 is 0 Å². The van der Waals surface area contributed by atoms with Gasteiger partial charge in [0.25, 0.3) is 0 Å². The van der Waals surface area contributed by atoms with E-state index < -0.39 is 90.0 Å². The number of amides is 6. The monoisotopic (exact) mass is 891 g/mol. The molecule has 1 aliphatic rings. The van der Waals surface area contributed by atoms with Crippen LogP contribution in [0.25, 0.3) is 10.9 Å². The summed E-state index contributed by atoms with van der Waals surface area (Å²) in [4.78, 5) is 97.7. The molecule has 0 fully saturated rings. The molecule has 0 saturated heterocycles. The number of hydrogen-bond acceptors (Lipinski definition) is 7. The second-order valence-corrected chi connectivity index (χ2v) is 18.0. The molecule has 15 heteroatoms. The fourth-order valence-electron chi connectivity index (χ4n) is 8.58. The fraction of sp³-hybridized carbons (Fsp3) is 0.460. The number of aromatic nitrogens is 1. The van der Waals surface area contributed by atoms with E-state index in [0.717, 1.165) is 46.0 Å². The SMILES string of the molecule is CC[C@H](C)[C@H](NC(=O)CNC(=O)[C@H](CC(C)C)NC(=O)[C@H](CC(C)C)NC(=O)[C@H](NC(C)=O)C1c2ccccc2CCc2ccccc21)C(=O)N[C@@H](Cc1c[nH]c2ccccc12)C(=O)O. The molecule has 348 valence electrons. The number of carbonyl (C=O) groups is 7. The third kappa shape index (κ3) is 13.3. The molecule has 5 rings (SSSR count). The lowest BCUT2D eigenvalue weighted by atomic mass is 9.82. The standard InChI is InChI=1S/C50H65N7O8/c1-8-30(6)44(48(62)56-41(50(64)65)25-34-26-51-38-20-14-13-17-35(34)38)57-42(59)27-52-46(60)39(23-28(2)3)54-47(61)40(24-29(4)5)55-49(63)45(53-31(7)58)43-36-18-11-9-15-32(36)21-22-33-16-10-12-19-37(33)43/h9-20,26,28-30,39-41,43-45,51H,8,21-25,27H2,1-7H3,(H,52,60)(H,53,58)(H,54,61)(H,55,63)(H,56,62)(H,57,59)(H,64,65)/t30-,39-,40-,41-,44-,45+/m0/s1. The van der Waals surface area contributed by atoms with Gasteiger partial charge in [0.2, 0.25) is 35.4 Å². The zero-order chi connectivity index (χ0) is 47.4. The summed E-state index contributed by atoms with van der Waals surface area (Å²) in [5.41, 5.74) is 5.49. The maximum Gasteiger partial charge on any atom is 0.326 e. The Morgan fingerprint density at radius 3 is 1.77 bits per heavy atom. The summed E-state index contributed by atoms with van der Waals surface area (Å²) < 4.78 is 0. The van der Waals surface area contributed by atoms with Gasteiger partial charge in [-0.15, -0.1) is 0 Å². The van der Waals surface area contributed by atoms with E-state index in [1.54, 1.807) is 13.1 Å². The van der Waals surface area contributed by atoms with Crippen LogP contribution in [0.15, 0.2) is 79.0 Å². The van der Waals surface area contributed by atoms with Crippen molar-refractivity contribution in [1.82, 2.24) is 36.9 Å². The Balaban J connectivity index is 1.27. The Morgan fingerprint density at radius 1 is 0.662 bits per heavy atom. The minimum absolute atomic E-state index is 0.00639. The molecular weight excluding hydrogens is 827 g/mol. The van der Waals surface area contributed by atoms with Crippen molar-refractivity contribution in [3.8, 4) is 0 Å². The number of carboxylic acids is 1. The van der Waals surface area contributed by atoms with Crippen LogP contribution in [0, 0.1) is 17.8 Å². The number of aryl methyl sites for hydroxylation is 2. The van der Waals surface area contributed by atoms with Gasteiger partial charge in [0.05, 0.1) is 6.54 Å². The number of fused-ring (bicyclic) bond motifs is 3. The molecule has 0 aliphatic heterocycles. The number of carboxylic acid groups (broad SMARTS) is 1. The highest BCUT2D eigenvalue weighted by Gasteiger charge is 2.38. The summed E-state index contributed by atoms with van der Waals surface area (Å²) in [7, 11) is 0. The van der Waals surface area contributed by atoms with Crippen molar-refractivity contribution in [2.75, 3.05) is 6.54 Å². The van der Waals surface area contributed by atoms with Crippen LogP contribution >= 0.6 is 0 Å². The molecule has 0 radical (unpaired) electrons. The Morgan fingerprint density at radius 2 is 1.20 bits per heavy atom. The van der Waals surface area contributed by atoms with E-state index in [2.05, 4.69) is 36.9 Å². The van der Waals surface area contributed by atoms with Crippen LogP contribution in [0.2, 0.25) is 0 Å². The molecule has 0 saturated carbocycles.